The van der Waals surface area contributed by atoms with Crippen LogP contribution in [0.2, 0.25) is 4.34 Å². The minimum Gasteiger partial charge on any atom is -0.325 e. The van der Waals surface area contributed by atoms with Crippen LogP contribution in [0.15, 0.2) is 16.3 Å². The molecule has 0 aliphatic rings. The Kier molecular flexibility index (Phi) is 3.47. The maximum Gasteiger partial charge on any atom is 0.0940 e. The van der Waals surface area contributed by atoms with Gasteiger partial charge >= 0.3 is 0 Å². The molecule has 4 heteroatoms. The van der Waals surface area contributed by atoms with Gasteiger partial charge in [0, 0.05) is 11.3 Å². The second-order valence-corrected chi connectivity index (χ2v) is 6.33. The van der Waals surface area contributed by atoms with E-state index in [1.54, 1.807) is 23.1 Å². The van der Waals surface area contributed by atoms with Gasteiger partial charge in [-0.3, -0.25) is 0 Å². The lowest BCUT2D eigenvalue weighted by Gasteiger charge is -2.16. The number of hydrogen-bond donors (Lipinski definition) is 1. The predicted octanol–water partition coefficient (Wildman–Crippen LogP) is 3.23. The summed E-state index contributed by atoms with van der Waals surface area (Å²) in [4.78, 5) is 0. The summed E-state index contributed by atoms with van der Waals surface area (Å²) in [6.07, 6.45) is 0. The zero-order valence-corrected chi connectivity index (χ0v) is 9.52. The van der Waals surface area contributed by atoms with Crippen molar-refractivity contribution >= 4 is 34.7 Å². The van der Waals surface area contributed by atoms with E-state index in [1.165, 1.54) is 4.21 Å². The third-order valence-corrected chi connectivity index (χ3v) is 4.07. The Bertz CT molecular complexity index is 252. The van der Waals surface area contributed by atoms with Crippen LogP contribution in [0.3, 0.4) is 0 Å². The Morgan fingerprint density at radius 3 is 2.67 bits per heavy atom. The monoisotopic (exact) mass is 221 g/mol. The summed E-state index contributed by atoms with van der Waals surface area (Å²) < 4.78 is 2.07. The summed E-state index contributed by atoms with van der Waals surface area (Å²) in [7, 11) is 0. The van der Waals surface area contributed by atoms with Gasteiger partial charge in [0.15, 0.2) is 0 Å². The topological polar surface area (TPSA) is 26.0 Å². The van der Waals surface area contributed by atoms with Crippen LogP contribution in [0.25, 0.3) is 0 Å². The molecule has 0 spiro atoms. The molecule has 12 heavy (non-hydrogen) atoms. The number of rotatable bonds is 3. The Morgan fingerprint density at radius 1 is 1.58 bits per heavy atom. The van der Waals surface area contributed by atoms with Crippen LogP contribution in [-0.4, -0.2) is 11.3 Å². The maximum absolute atomic E-state index is 5.84. The van der Waals surface area contributed by atoms with Crippen molar-refractivity contribution in [2.75, 3.05) is 5.75 Å². The van der Waals surface area contributed by atoms with Crippen LogP contribution in [0, 0.1) is 0 Å². The molecule has 0 aromatic carbocycles. The van der Waals surface area contributed by atoms with Gasteiger partial charge in [0.25, 0.3) is 0 Å². The van der Waals surface area contributed by atoms with E-state index in [0.717, 1.165) is 10.1 Å². The van der Waals surface area contributed by atoms with E-state index < -0.39 is 0 Å². The van der Waals surface area contributed by atoms with Crippen LogP contribution in [-0.2, 0) is 0 Å². The second-order valence-electron chi connectivity index (χ2n) is 3.34. The first-order chi connectivity index (χ1) is 5.47. The lowest BCUT2D eigenvalue weighted by molar-refractivity contribution is 0.591. The van der Waals surface area contributed by atoms with Crippen LogP contribution in [0.1, 0.15) is 13.8 Å². The molecule has 2 N–H and O–H groups in total. The minimum absolute atomic E-state index is 0.110. The van der Waals surface area contributed by atoms with Crippen molar-refractivity contribution in [3.05, 3.63) is 16.5 Å². The average Bonchev–Trinajstić information content (AvgIpc) is 2.30. The average molecular weight is 222 g/mol. The van der Waals surface area contributed by atoms with E-state index in [9.17, 15) is 0 Å². The lowest BCUT2D eigenvalue weighted by Crippen LogP contribution is -2.34. The highest BCUT2D eigenvalue weighted by Crippen LogP contribution is 2.31. The van der Waals surface area contributed by atoms with Crippen molar-refractivity contribution in [1.82, 2.24) is 0 Å². The van der Waals surface area contributed by atoms with Crippen molar-refractivity contribution in [2.24, 2.45) is 5.73 Å². The van der Waals surface area contributed by atoms with Gasteiger partial charge in [0.1, 0.15) is 0 Å². The summed E-state index contributed by atoms with van der Waals surface area (Å²) >= 11 is 9.14. The zero-order valence-electron chi connectivity index (χ0n) is 7.13. The first-order valence-corrected chi connectivity index (χ1v) is 5.82. The van der Waals surface area contributed by atoms with E-state index >= 15 is 0 Å². The first kappa shape index (κ1) is 10.4. The molecular weight excluding hydrogens is 210 g/mol. The molecule has 1 aromatic rings. The van der Waals surface area contributed by atoms with E-state index in [4.69, 9.17) is 17.3 Å². The zero-order chi connectivity index (χ0) is 9.19. The largest absolute Gasteiger partial charge is 0.325 e. The number of hydrogen-bond acceptors (Lipinski definition) is 3. The molecule has 68 valence electrons. The van der Waals surface area contributed by atoms with Crippen LogP contribution in [0.5, 0.6) is 0 Å². The molecular formula is C8H12ClNS2. The number of thiophene rings is 1. The molecule has 0 fully saturated rings. The summed E-state index contributed by atoms with van der Waals surface area (Å²) in [5.74, 6) is 0.920. The number of halogens is 1. The normalized spacial score (nSPS) is 12.0. The van der Waals surface area contributed by atoms with Crippen LogP contribution >= 0.6 is 34.7 Å². The lowest BCUT2D eigenvalue weighted by atomic mass is 10.1. The summed E-state index contributed by atoms with van der Waals surface area (Å²) in [5.41, 5.74) is 5.73. The standard InChI is InChI=1S/C8H12ClNS2/c1-8(2,10)5-11-7-4-3-6(9)12-7/h3-4H,5,10H2,1-2H3. The van der Waals surface area contributed by atoms with E-state index in [-0.39, 0.29) is 5.54 Å². The van der Waals surface area contributed by atoms with Crippen molar-refractivity contribution in [3.63, 3.8) is 0 Å². The molecule has 0 saturated carbocycles. The van der Waals surface area contributed by atoms with Gasteiger partial charge in [0.05, 0.1) is 8.55 Å². The Morgan fingerprint density at radius 2 is 2.25 bits per heavy atom. The maximum atomic E-state index is 5.84. The molecule has 1 heterocycles. The summed E-state index contributed by atoms with van der Waals surface area (Å²) in [6, 6.07) is 3.95. The first-order valence-electron chi connectivity index (χ1n) is 3.64. The third kappa shape index (κ3) is 3.81. The molecule has 0 amide bonds. The molecule has 0 bridgehead atoms. The highest BCUT2D eigenvalue weighted by atomic mass is 35.5. The third-order valence-electron chi connectivity index (χ3n) is 1.13. The van der Waals surface area contributed by atoms with Gasteiger partial charge < -0.3 is 5.73 Å². The van der Waals surface area contributed by atoms with Gasteiger partial charge in [-0.05, 0) is 26.0 Å². The van der Waals surface area contributed by atoms with Crippen LogP contribution in [0.4, 0.5) is 0 Å². The molecule has 0 aliphatic carbocycles. The molecule has 0 atom stereocenters. The predicted molar refractivity (Wildman–Crippen MR) is 58.3 cm³/mol. The van der Waals surface area contributed by atoms with E-state index in [0.29, 0.717) is 0 Å². The molecule has 1 rings (SSSR count). The van der Waals surface area contributed by atoms with Crippen molar-refractivity contribution < 1.29 is 0 Å². The van der Waals surface area contributed by atoms with Gasteiger partial charge in [-0.25, -0.2) is 0 Å². The quantitative estimate of drug-likeness (QED) is 0.794. The Balaban J connectivity index is 2.44. The molecule has 1 aromatic heterocycles. The Hall–Kier alpha value is 0.300. The van der Waals surface area contributed by atoms with Crippen molar-refractivity contribution in [3.8, 4) is 0 Å². The highest BCUT2D eigenvalue weighted by Gasteiger charge is 2.11. The molecule has 0 aliphatic heterocycles. The van der Waals surface area contributed by atoms with Crippen molar-refractivity contribution in [2.45, 2.75) is 23.6 Å². The molecule has 0 unspecified atom stereocenters. The molecule has 0 saturated heterocycles. The van der Waals surface area contributed by atoms with Crippen LogP contribution < -0.4 is 5.73 Å². The number of thioether (sulfide) groups is 1. The van der Waals surface area contributed by atoms with E-state index in [1.807, 2.05) is 26.0 Å². The van der Waals surface area contributed by atoms with E-state index in [2.05, 4.69) is 0 Å². The minimum atomic E-state index is -0.110. The fraction of sp³-hybridized carbons (Fsp3) is 0.500. The molecule has 1 nitrogen and oxygen atoms in total. The Labute approximate surface area is 86.3 Å². The number of nitrogens with two attached hydrogens (primary N) is 1. The summed E-state index contributed by atoms with van der Waals surface area (Å²) in [5, 5.41) is 0. The fourth-order valence-corrected chi connectivity index (χ4v) is 2.91. The fourth-order valence-electron chi connectivity index (χ4n) is 0.632. The molecule has 0 radical (unpaired) electrons. The highest BCUT2D eigenvalue weighted by molar-refractivity contribution is 8.01. The summed E-state index contributed by atoms with van der Waals surface area (Å²) in [6.45, 7) is 4.05. The van der Waals surface area contributed by atoms with Gasteiger partial charge in [-0.15, -0.1) is 23.1 Å². The van der Waals surface area contributed by atoms with Crippen molar-refractivity contribution in [1.29, 1.82) is 0 Å². The van der Waals surface area contributed by atoms with Gasteiger partial charge in [-0.2, -0.15) is 0 Å². The second kappa shape index (κ2) is 4.01. The van der Waals surface area contributed by atoms with Gasteiger partial charge in [-0.1, -0.05) is 11.6 Å². The van der Waals surface area contributed by atoms with Gasteiger partial charge in [0.2, 0.25) is 0 Å². The smallest absolute Gasteiger partial charge is 0.0940 e. The SMILES string of the molecule is CC(C)(N)CSc1ccc(Cl)s1.